The Morgan fingerprint density at radius 2 is 1.96 bits per heavy atom. The summed E-state index contributed by atoms with van der Waals surface area (Å²) in [7, 11) is 1.78. The summed E-state index contributed by atoms with van der Waals surface area (Å²) in [4.78, 5) is 19.6. The highest BCUT2D eigenvalue weighted by Gasteiger charge is 2.14. The fourth-order valence-corrected chi connectivity index (χ4v) is 3.29. The van der Waals surface area contributed by atoms with Gasteiger partial charge >= 0.3 is 0 Å². The number of nitrogens with zero attached hydrogens (tertiary/aromatic N) is 1. The maximum atomic E-state index is 12.2. The molecule has 1 amide bonds. The first-order valence-electron chi connectivity index (χ1n) is 7.88. The highest BCUT2D eigenvalue weighted by atomic mass is 35.5. The first kappa shape index (κ1) is 17.6. The van der Waals surface area contributed by atoms with Gasteiger partial charge in [0.1, 0.15) is 5.82 Å². The van der Waals surface area contributed by atoms with Crippen molar-refractivity contribution in [1.29, 1.82) is 0 Å². The fraction of sp³-hybridized carbons (Fsp3) is 0.222. The van der Waals surface area contributed by atoms with Crippen molar-refractivity contribution in [2.45, 2.75) is 13.3 Å². The number of rotatable bonds is 5. The standard InChI is InChI=1S/C18H18Cl2N4O/c1-10-12(16-13(19)4-5-14(20)17(16)24-10)7-8-22-18(25)11-3-6-15(21-2)23-9-11/h3-6,9,24H,7-8H2,1-2H3,(H,21,23)(H,22,25). The average Bonchev–Trinajstić information content (AvgIpc) is 2.96. The first-order chi connectivity index (χ1) is 12.0. The van der Waals surface area contributed by atoms with Crippen molar-refractivity contribution in [3.63, 3.8) is 0 Å². The number of aromatic amines is 1. The topological polar surface area (TPSA) is 69.8 Å². The zero-order valence-corrected chi connectivity index (χ0v) is 15.4. The predicted molar refractivity (Wildman–Crippen MR) is 103 cm³/mol. The highest BCUT2D eigenvalue weighted by molar-refractivity contribution is 6.40. The Labute approximate surface area is 155 Å². The van der Waals surface area contributed by atoms with E-state index in [2.05, 4.69) is 20.6 Å². The van der Waals surface area contributed by atoms with E-state index in [-0.39, 0.29) is 5.91 Å². The Hall–Kier alpha value is -2.24. The number of carbonyl (C=O) groups excluding carboxylic acids is 1. The molecule has 0 aliphatic heterocycles. The lowest BCUT2D eigenvalue weighted by Gasteiger charge is -2.07. The third-order valence-electron chi connectivity index (χ3n) is 4.11. The molecule has 0 aliphatic carbocycles. The van der Waals surface area contributed by atoms with Crippen LogP contribution in [0.1, 0.15) is 21.6 Å². The van der Waals surface area contributed by atoms with Crippen LogP contribution in [0.15, 0.2) is 30.5 Å². The summed E-state index contributed by atoms with van der Waals surface area (Å²) < 4.78 is 0. The number of hydrogen-bond acceptors (Lipinski definition) is 3. The largest absolute Gasteiger partial charge is 0.373 e. The predicted octanol–water partition coefficient (Wildman–Crippen LogP) is 4.19. The van der Waals surface area contributed by atoms with Crippen LogP contribution in [0, 0.1) is 6.92 Å². The number of anilines is 1. The molecule has 0 unspecified atom stereocenters. The van der Waals surface area contributed by atoms with E-state index in [0.717, 1.165) is 28.0 Å². The van der Waals surface area contributed by atoms with Gasteiger partial charge in [0.05, 0.1) is 21.1 Å². The summed E-state index contributed by atoms with van der Waals surface area (Å²) in [6.45, 7) is 2.47. The molecule has 0 saturated heterocycles. The van der Waals surface area contributed by atoms with Crippen molar-refractivity contribution in [3.05, 3.63) is 57.3 Å². The van der Waals surface area contributed by atoms with Gasteiger partial charge in [-0.1, -0.05) is 23.2 Å². The van der Waals surface area contributed by atoms with Gasteiger partial charge in [-0.3, -0.25) is 4.79 Å². The molecule has 1 aromatic carbocycles. The zero-order chi connectivity index (χ0) is 18.0. The Balaban J connectivity index is 1.71. The van der Waals surface area contributed by atoms with Crippen molar-refractivity contribution >= 4 is 45.8 Å². The molecular weight excluding hydrogens is 359 g/mol. The number of pyridine rings is 1. The third kappa shape index (κ3) is 3.57. The van der Waals surface area contributed by atoms with Crippen LogP contribution in [0.2, 0.25) is 10.0 Å². The van der Waals surface area contributed by atoms with Crippen LogP contribution in [0.25, 0.3) is 10.9 Å². The molecule has 0 spiro atoms. The highest BCUT2D eigenvalue weighted by Crippen LogP contribution is 2.33. The van der Waals surface area contributed by atoms with Crippen molar-refractivity contribution in [3.8, 4) is 0 Å². The first-order valence-corrected chi connectivity index (χ1v) is 8.64. The number of fused-ring (bicyclic) bond motifs is 1. The molecule has 0 radical (unpaired) electrons. The SMILES string of the molecule is CNc1ccc(C(=O)NCCc2c(C)[nH]c3c(Cl)ccc(Cl)c23)cn1. The van der Waals surface area contributed by atoms with E-state index in [1.165, 1.54) is 0 Å². The fourth-order valence-electron chi connectivity index (χ4n) is 2.81. The van der Waals surface area contributed by atoms with E-state index in [4.69, 9.17) is 23.2 Å². The minimum absolute atomic E-state index is 0.156. The number of hydrogen-bond donors (Lipinski definition) is 3. The van der Waals surface area contributed by atoms with Gasteiger partial charge in [-0.05, 0) is 43.2 Å². The van der Waals surface area contributed by atoms with Gasteiger partial charge in [-0.2, -0.15) is 0 Å². The summed E-state index contributed by atoms with van der Waals surface area (Å²) in [5, 5.41) is 8.03. The van der Waals surface area contributed by atoms with E-state index in [1.54, 1.807) is 37.5 Å². The molecule has 3 rings (SSSR count). The number of carbonyl (C=O) groups is 1. The molecule has 0 aliphatic rings. The van der Waals surface area contributed by atoms with E-state index in [9.17, 15) is 4.79 Å². The summed E-state index contributed by atoms with van der Waals surface area (Å²) in [6.07, 6.45) is 2.20. The number of nitrogens with one attached hydrogen (secondary N) is 3. The Morgan fingerprint density at radius 3 is 2.64 bits per heavy atom. The van der Waals surface area contributed by atoms with Gasteiger partial charge in [-0.15, -0.1) is 0 Å². The quantitative estimate of drug-likeness (QED) is 0.624. The molecule has 7 heteroatoms. The number of halogens is 2. The van der Waals surface area contributed by atoms with E-state index >= 15 is 0 Å². The average molecular weight is 377 g/mol. The second-order valence-corrected chi connectivity index (χ2v) is 6.51. The number of aromatic nitrogens is 2. The van der Waals surface area contributed by atoms with Crippen LogP contribution in [0.3, 0.4) is 0 Å². The Bertz CT molecular complexity index is 919. The molecule has 25 heavy (non-hydrogen) atoms. The Kier molecular flexibility index (Phi) is 5.16. The Morgan fingerprint density at radius 1 is 1.20 bits per heavy atom. The van der Waals surface area contributed by atoms with Crippen molar-refractivity contribution < 1.29 is 4.79 Å². The summed E-state index contributed by atoms with van der Waals surface area (Å²) in [6, 6.07) is 7.06. The number of H-pyrrole nitrogens is 1. The second-order valence-electron chi connectivity index (χ2n) is 5.70. The van der Waals surface area contributed by atoms with Gasteiger partial charge in [0, 0.05) is 30.9 Å². The molecular formula is C18H18Cl2N4O. The summed E-state index contributed by atoms with van der Waals surface area (Å²) >= 11 is 12.6. The van der Waals surface area contributed by atoms with E-state index < -0.39 is 0 Å². The van der Waals surface area contributed by atoms with Gasteiger partial charge in [0.2, 0.25) is 0 Å². The molecule has 0 bridgehead atoms. The smallest absolute Gasteiger partial charge is 0.252 e. The van der Waals surface area contributed by atoms with Crippen LogP contribution < -0.4 is 10.6 Å². The lowest BCUT2D eigenvalue weighted by molar-refractivity contribution is 0.0954. The zero-order valence-electron chi connectivity index (χ0n) is 13.9. The molecule has 0 atom stereocenters. The van der Waals surface area contributed by atoms with Gasteiger partial charge < -0.3 is 15.6 Å². The number of amides is 1. The number of benzene rings is 1. The molecule has 3 aromatic rings. The molecule has 2 heterocycles. The monoisotopic (exact) mass is 376 g/mol. The minimum atomic E-state index is -0.156. The maximum absolute atomic E-state index is 12.2. The molecule has 3 N–H and O–H groups in total. The van der Waals surface area contributed by atoms with Gasteiger partial charge in [-0.25, -0.2) is 4.98 Å². The number of aryl methyl sites for hydroxylation is 1. The summed E-state index contributed by atoms with van der Waals surface area (Å²) in [5.41, 5.74) is 3.42. The third-order valence-corrected chi connectivity index (χ3v) is 4.74. The van der Waals surface area contributed by atoms with Crippen molar-refractivity contribution in [2.24, 2.45) is 0 Å². The minimum Gasteiger partial charge on any atom is -0.373 e. The van der Waals surface area contributed by atoms with Crippen LogP contribution in [-0.2, 0) is 6.42 Å². The maximum Gasteiger partial charge on any atom is 0.252 e. The molecule has 2 aromatic heterocycles. The molecule has 0 saturated carbocycles. The summed E-state index contributed by atoms with van der Waals surface area (Å²) in [5.74, 6) is 0.564. The second kappa shape index (κ2) is 7.33. The van der Waals surface area contributed by atoms with E-state index in [1.807, 2.05) is 6.92 Å². The van der Waals surface area contributed by atoms with Crippen LogP contribution >= 0.6 is 23.2 Å². The van der Waals surface area contributed by atoms with Crippen LogP contribution in [-0.4, -0.2) is 29.5 Å². The normalized spacial score (nSPS) is 10.9. The van der Waals surface area contributed by atoms with Crippen molar-refractivity contribution in [2.75, 3.05) is 18.9 Å². The van der Waals surface area contributed by atoms with Gasteiger partial charge in [0.25, 0.3) is 5.91 Å². The lowest BCUT2D eigenvalue weighted by Crippen LogP contribution is -2.25. The van der Waals surface area contributed by atoms with Crippen molar-refractivity contribution in [1.82, 2.24) is 15.3 Å². The lowest BCUT2D eigenvalue weighted by atomic mass is 10.1. The molecule has 130 valence electrons. The molecule has 0 fully saturated rings. The van der Waals surface area contributed by atoms with Crippen LogP contribution in [0.5, 0.6) is 0 Å². The van der Waals surface area contributed by atoms with Gasteiger partial charge in [0.15, 0.2) is 0 Å². The van der Waals surface area contributed by atoms with E-state index in [0.29, 0.717) is 28.6 Å². The van der Waals surface area contributed by atoms with Crippen LogP contribution in [0.4, 0.5) is 5.82 Å². The molecule has 5 nitrogen and oxygen atoms in total.